The molecule has 0 aliphatic rings. The van der Waals surface area contributed by atoms with Crippen molar-refractivity contribution in [1.29, 1.82) is 0 Å². The van der Waals surface area contributed by atoms with Crippen LogP contribution in [0.25, 0.3) is 0 Å². The normalized spacial score (nSPS) is 11.1. The summed E-state index contributed by atoms with van der Waals surface area (Å²) in [6.07, 6.45) is 0. The van der Waals surface area contributed by atoms with E-state index in [0.717, 1.165) is 18.2 Å². The number of carbonyl (C=O) groups is 1. The van der Waals surface area contributed by atoms with Crippen LogP contribution < -0.4 is 9.62 Å². The van der Waals surface area contributed by atoms with E-state index in [9.17, 15) is 17.6 Å². The minimum atomic E-state index is -3.88. The van der Waals surface area contributed by atoms with Gasteiger partial charge >= 0.3 is 0 Å². The molecule has 0 aliphatic carbocycles. The first-order chi connectivity index (χ1) is 10.7. The highest BCUT2D eigenvalue weighted by Gasteiger charge is 2.16. The molecule has 0 radical (unpaired) electrons. The predicted molar refractivity (Wildman–Crippen MR) is 87.7 cm³/mol. The Labute approximate surface area is 138 Å². The van der Waals surface area contributed by atoms with E-state index < -0.39 is 15.8 Å². The minimum Gasteiger partial charge on any atom is -0.316 e. The van der Waals surface area contributed by atoms with Crippen LogP contribution in [0.3, 0.4) is 0 Å². The van der Waals surface area contributed by atoms with Crippen LogP contribution in [0.15, 0.2) is 47.4 Å². The lowest BCUT2D eigenvalue weighted by Crippen LogP contribution is -2.22. The van der Waals surface area contributed by atoms with Gasteiger partial charge in [0.15, 0.2) is 0 Å². The van der Waals surface area contributed by atoms with Crippen molar-refractivity contribution in [2.24, 2.45) is 0 Å². The second-order valence-electron chi connectivity index (χ2n) is 4.81. The summed E-state index contributed by atoms with van der Waals surface area (Å²) >= 11 is 5.60. The van der Waals surface area contributed by atoms with Gasteiger partial charge in [-0.2, -0.15) is 0 Å². The lowest BCUT2D eigenvalue weighted by Gasteiger charge is -2.15. The van der Waals surface area contributed by atoms with Crippen LogP contribution in [0.5, 0.6) is 0 Å². The van der Waals surface area contributed by atoms with Crippen molar-refractivity contribution in [3.63, 3.8) is 0 Å². The zero-order valence-electron chi connectivity index (χ0n) is 12.4. The number of hydrogen-bond donors (Lipinski definition) is 1. The molecule has 0 aromatic heterocycles. The molecular weight excluding hydrogens is 343 g/mol. The number of halogens is 2. The lowest BCUT2D eigenvalue weighted by molar-refractivity contribution is -0.116. The third-order valence-electron chi connectivity index (χ3n) is 3.18. The lowest BCUT2D eigenvalue weighted by atomic mass is 10.2. The standard InChI is InChI=1S/C15H14ClFN2O3S/c1-10(20)19(2)12-5-3-11(4-6-12)18-23(21,22)13-7-8-15(17)14(16)9-13/h3-9,18H,1-2H3. The molecule has 122 valence electrons. The quantitative estimate of drug-likeness (QED) is 0.914. The van der Waals surface area contributed by atoms with Gasteiger partial charge in [-0.25, -0.2) is 12.8 Å². The zero-order chi connectivity index (χ0) is 17.2. The average Bonchev–Trinajstić information content (AvgIpc) is 2.49. The van der Waals surface area contributed by atoms with Gasteiger partial charge in [-0.15, -0.1) is 0 Å². The number of hydrogen-bond acceptors (Lipinski definition) is 3. The summed E-state index contributed by atoms with van der Waals surface area (Å²) < 4.78 is 40.0. The van der Waals surface area contributed by atoms with Crippen molar-refractivity contribution in [3.05, 3.63) is 53.3 Å². The van der Waals surface area contributed by atoms with Crippen LogP contribution in [0.4, 0.5) is 15.8 Å². The molecule has 0 spiro atoms. The third kappa shape index (κ3) is 4.00. The third-order valence-corrected chi connectivity index (χ3v) is 4.85. The summed E-state index contributed by atoms with van der Waals surface area (Å²) in [6, 6.07) is 9.42. The maximum atomic E-state index is 13.1. The van der Waals surface area contributed by atoms with Crippen molar-refractivity contribution in [2.45, 2.75) is 11.8 Å². The van der Waals surface area contributed by atoms with E-state index in [-0.39, 0.29) is 15.8 Å². The summed E-state index contributed by atoms with van der Waals surface area (Å²) in [5, 5.41) is -0.272. The van der Waals surface area contributed by atoms with Gasteiger partial charge in [-0.1, -0.05) is 11.6 Å². The summed E-state index contributed by atoms with van der Waals surface area (Å²) in [4.78, 5) is 12.6. The molecule has 0 heterocycles. The second kappa shape index (κ2) is 6.55. The first-order valence-corrected chi connectivity index (χ1v) is 8.39. The molecule has 1 amide bonds. The molecule has 2 aromatic rings. The highest BCUT2D eigenvalue weighted by atomic mass is 35.5. The Morgan fingerprint density at radius 1 is 1.17 bits per heavy atom. The first-order valence-electron chi connectivity index (χ1n) is 6.53. The molecule has 0 unspecified atom stereocenters. The minimum absolute atomic E-state index is 0.140. The first kappa shape index (κ1) is 17.2. The SMILES string of the molecule is CC(=O)N(C)c1ccc(NS(=O)(=O)c2ccc(F)c(Cl)c2)cc1. The van der Waals surface area contributed by atoms with E-state index in [4.69, 9.17) is 11.6 Å². The number of benzene rings is 2. The molecule has 2 rings (SSSR count). The van der Waals surface area contributed by atoms with Gasteiger partial charge in [-0.05, 0) is 42.5 Å². The molecule has 0 saturated heterocycles. The largest absolute Gasteiger partial charge is 0.316 e. The number of anilines is 2. The van der Waals surface area contributed by atoms with Gasteiger partial charge < -0.3 is 4.90 Å². The Hall–Kier alpha value is -2.12. The monoisotopic (exact) mass is 356 g/mol. The second-order valence-corrected chi connectivity index (χ2v) is 6.90. The van der Waals surface area contributed by atoms with Crippen molar-refractivity contribution in [2.75, 3.05) is 16.7 Å². The molecule has 0 aliphatic heterocycles. The Balaban J connectivity index is 2.23. The molecular formula is C15H14ClFN2O3S. The summed E-state index contributed by atoms with van der Waals surface area (Å²) in [7, 11) is -2.27. The van der Waals surface area contributed by atoms with Gasteiger partial charge in [0.25, 0.3) is 10.0 Å². The zero-order valence-corrected chi connectivity index (χ0v) is 14.0. The summed E-state index contributed by atoms with van der Waals surface area (Å²) in [6.45, 7) is 1.43. The van der Waals surface area contributed by atoms with E-state index in [1.54, 1.807) is 19.2 Å². The van der Waals surface area contributed by atoms with Crippen LogP contribution in [-0.2, 0) is 14.8 Å². The van der Waals surface area contributed by atoms with Crippen LogP contribution in [-0.4, -0.2) is 21.4 Å². The van der Waals surface area contributed by atoms with E-state index in [1.807, 2.05) is 0 Å². The Morgan fingerprint density at radius 3 is 2.30 bits per heavy atom. The molecule has 5 nitrogen and oxygen atoms in total. The summed E-state index contributed by atoms with van der Waals surface area (Å²) in [5.41, 5.74) is 0.941. The van der Waals surface area contributed by atoms with Crippen molar-refractivity contribution in [3.8, 4) is 0 Å². The molecule has 23 heavy (non-hydrogen) atoms. The van der Waals surface area contributed by atoms with Crippen molar-refractivity contribution >= 4 is 38.9 Å². The number of rotatable bonds is 4. The molecule has 0 atom stereocenters. The van der Waals surface area contributed by atoms with Gasteiger partial charge in [0.05, 0.1) is 9.92 Å². The Morgan fingerprint density at radius 2 is 1.78 bits per heavy atom. The molecule has 2 aromatic carbocycles. The Bertz CT molecular complexity index is 838. The number of carbonyl (C=O) groups excluding carboxylic acids is 1. The van der Waals surface area contributed by atoms with Gasteiger partial charge in [0.2, 0.25) is 5.91 Å². The highest BCUT2D eigenvalue weighted by molar-refractivity contribution is 7.92. The molecule has 0 fully saturated rings. The fourth-order valence-corrected chi connectivity index (χ4v) is 3.12. The van der Waals surface area contributed by atoms with Crippen LogP contribution >= 0.6 is 11.6 Å². The van der Waals surface area contributed by atoms with E-state index in [2.05, 4.69) is 4.72 Å². The number of amides is 1. The molecule has 8 heteroatoms. The van der Waals surface area contributed by atoms with Crippen LogP contribution in [0.1, 0.15) is 6.92 Å². The predicted octanol–water partition coefficient (Wildman–Crippen LogP) is 3.26. The molecule has 1 N–H and O–H groups in total. The van der Waals surface area contributed by atoms with E-state index >= 15 is 0 Å². The molecule has 0 saturated carbocycles. The Kier molecular flexibility index (Phi) is 4.91. The van der Waals surface area contributed by atoms with Crippen LogP contribution in [0, 0.1) is 5.82 Å². The maximum absolute atomic E-state index is 13.1. The summed E-state index contributed by atoms with van der Waals surface area (Å²) in [5.74, 6) is -0.832. The fourth-order valence-electron chi connectivity index (χ4n) is 1.79. The maximum Gasteiger partial charge on any atom is 0.261 e. The number of nitrogens with one attached hydrogen (secondary N) is 1. The van der Waals surface area contributed by atoms with Crippen molar-refractivity contribution in [1.82, 2.24) is 0 Å². The smallest absolute Gasteiger partial charge is 0.261 e. The van der Waals surface area contributed by atoms with Gasteiger partial charge in [0.1, 0.15) is 5.82 Å². The van der Waals surface area contributed by atoms with Crippen molar-refractivity contribution < 1.29 is 17.6 Å². The van der Waals surface area contributed by atoms with Crippen LogP contribution in [0.2, 0.25) is 5.02 Å². The average molecular weight is 357 g/mol. The van der Waals surface area contributed by atoms with E-state index in [0.29, 0.717) is 11.4 Å². The van der Waals surface area contributed by atoms with Gasteiger partial charge in [-0.3, -0.25) is 9.52 Å². The fraction of sp³-hybridized carbons (Fsp3) is 0.133. The highest BCUT2D eigenvalue weighted by Crippen LogP contribution is 2.23. The topological polar surface area (TPSA) is 66.5 Å². The molecule has 0 bridgehead atoms. The van der Waals surface area contributed by atoms with Gasteiger partial charge in [0, 0.05) is 25.3 Å². The van der Waals surface area contributed by atoms with E-state index in [1.165, 1.54) is 24.0 Å². The number of nitrogens with zero attached hydrogens (tertiary/aromatic N) is 1. The number of sulfonamides is 1.